The second kappa shape index (κ2) is 10.3. The Hall–Kier alpha value is -3.73. The van der Waals surface area contributed by atoms with Gasteiger partial charge in [-0.05, 0) is 66.6 Å². The van der Waals surface area contributed by atoms with Crippen LogP contribution in [0.2, 0.25) is 0 Å². The van der Waals surface area contributed by atoms with Crippen molar-refractivity contribution < 1.29 is 19.1 Å². The number of methoxy groups -OCH3 is 1. The molecule has 0 amide bonds. The minimum atomic E-state index is -0.639. The van der Waals surface area contributed by atoms with Gasteiger partial charge in [-0.2, -0.15) is 0 Å². The van der Waals surface area contributed by atoms with Crippen LogP contribution in [-0.4, -0.2) is 30.7 Å². The Labute approximate surface area is 218 Å². The Morgan fingerprint density at radius 2 is 1.76 bits per heavy atom. The van der Waals surface area contributed by atoms with Gasteiger partial charge in [0.1, 0.15) is 11.7 Å². The maximum atomic E-state index is 13.9. The number of hydrogen-bond acceptors (Lipinski definition) is 5. The van der Waals surface area contributed by atoms with Gasteiger partial charge in [-0.15, -0.1) is 0 Å². The monoisotopic (exact) mass is 495 g/mol. The number of benzene rings is 3. The number of esters is 1. The molecule has 0 fully saturated rings. The van der Waals surface area contributed by atoms with Crippen LogP contribution < -0.4 is 4.74 Å². The van der Waals surface area contributed by atoms with Crippen LogP contribution in [-0.2, 0) is 14.3 Å². The summed E-state index contributed by atoms with van der Waals surface area (Å²) in [5.41, 5.74) is 4.22. The molecule has 4 atom stereocenters. The van der Waals surface area contributed by atoms with Gasteiger partial charge >= 0.3 is 5.97 Å². The molecule has 2 aliphatic rings. The quantitative estimate of drug-likeness (QED) is 0.354. The highest BCUT2D eigenvalue weighted by Gasteiger charge is 2.45. The summed E-state index contributed by atoms with van der Waals surface area (Å²) in [5, 5.41) is 2.12. The van der Waals surface area contributed by atoms with E-state index in [0.717, 1.165) is 39.8 Å². The summed E-state index contributed by atoms with van der Waals surface area (Å²) < 4.78 is 11.1. The fraction of sp³-hybridized carbons (Fsp3) is 0.344. The summed E-state index contributed by atoms with van der Waals surface area (Å²) in [7, 11) is 1.64. The molecule has 190 valence electrons. The number of hydrogen-bond donors (Lipinski definition) is 0. The molecule has 1 aliphatic carbocycles. The summed E-state index contributed by atoms with van der Waals surface area (Å²) in [5.74, 6) is -0.510. The van der Waals surface area contributed by atoms with E-state index in [2.05, 4.69) is 18.2 Å². The minimum absolute atomic E-state index is 0.0329. The fourth-order valence-corrected chi connectivity index (χ4v) is 5.69. The van der Waals surface area contributed by atoms with Crippen molar-refractivity contribution in [2.45, 2.75) is 58.0 Å². The molecule has 5 rings (SSSR count). The van der Waals surface area contributed by atoms with E-state index in [1.54, 1.807) is 7.11 Å². The molecule has 1 heterocycles. The van der Waals surface area contributed by atoms with E-state index in [4.69, 9.17) is 14.5 Å². The van der Waals surface area contributed by atoms with Crippen molar-refractivity contribution in [3.8, 4) is 5.75 Å². The van der Waals surface area contributed by atoms with Gasteiger partial charge in [0.2, 0.25) is 0 Å². The molecule has 0 bridgehead atoms. The normalized spacial score (nSPS) is 22.3. The van der Waals surface area contributed by atoms with E-state index in [9.17, 15) is 9.59 Å². The van der Waals surface area contributed by atoms with Crippen molar-refractivity contribution in [3.63, 3.8) is 0 Å². The summed E-state index contributed by atoms with van der Waals surface area (Å²) in [6.45, 7) is 5.79. The van der Waals surface area contributed by atoms with E-state index in [-0.39, 0.29) is 23.8 Å². The number of fused-ring (bicyclic) bond motifs is 1. The van der Waals surface area contributed by atoms with Gasteiger partial charge in [0.05, 0.1) is 13.2 Å². The molecular weight excluding hydrogens is 462 g/mol. The van der Waals surface area contributed by atoms with Gasteiger partial charge in [-0.3, -0.25) is 14.6 Å². The summed E-state index contributed by atoms with van der Waals surface area (Å²) in [6.07, 6.45) is 1.56. The third-order valence-corrected chi connectivity index (χ3v) is 7.78. The molecule has 0 saturated heterocycles. The maximum Gasteiger partial charge on any atom is 0.315 e. The summed E-state index contributed by atoms with van der Waals surface area (Å²) in [4.78, 5) is 32.4. The second-order valence-electron chi connectivity index (χ2n) is 10.1. The smallest absolute Gasteiger partial charge is 0.315 e. The molecule has 5 heteroatoms. The van der Waals surface area contributed by atoms with Crippen LogP contribution >= 0.6 is 0 Å². The van der Waals surface area contributed by atoms with Crippen LogP contribution in [0.25, 0.3) is 10.8 Å². The third-order valence-electron chi connectivity index (χ3n) is 7.78. The lowest BCUT2D eigenvalue weighted by Gasteiger charge is -2.37. The Morgan fingerprint density at radius 1 is 1.03 bits per heavy atom. The van der Waals surface area contributed by atoms with Crippen molar-refractivity contribution in [2.75, 3.05) is 7.11 Å². The van der Waals surface area contributed by atoms with Gasteiger partial charge in [0, 0.05) is 29.3 Å². The predicted molar refractivity (Wildman–Crippen MR) is 146 cm³/mol. The maximum absolute atomic E-state index is 13.9. The van der Waals surface area contributed by atoms with Crippen LogP contribution in [0.1, 0.15) is 63.0 Å². The SMILES string of the molecule is CC[C@H](C)OC(=O)C1C(C)=NC2=C(C(=O)C[C@H](c3ccc(OC)cc3)C2)[C@@H]1c1cccc2ccccc12. The van der Waals surface area contributed by atoms with Crippen LogP contribution in [0.5, 0.6) is 5.75 Å². The van der Waals surface area contributed by atoms with Gasteiger partial charge in [0.25, 0.3) is 0 Å². The zero-order chi connectivity index (χ0) is 26.1. The zero-order valence-corrected chi connectivity index (χ0v) is 21.9. The molecule has 0 spiro atoms. The first-order valence-electron chi connectivity index (χ1n) is 13.0. The predicted octanol–water partition coefficient (Wildman–Crippen LogP) is 6.77. The van der Waals surface area contributed by atoms with Gasteiger partial charge in [-0.25, -0.2) is 0 Å². The lowest BCUT2D eigenvalue weighted by atomic mass is 9.68. The highest BCUT2D eigenvalue weighted by Crippen LogP contribution is 2.48. The Bertz CT molecular complexity index is 1400. The number of carbonyl (C=O) groups excluding carboxylic acids is 2. The number of carbonyl (C=O) groups is 2. The molecule has 3 aromatic rings. The standard InChI is InChI=1S/C32H33NO4/c1-5-19(2)37-32(35)29-20(3)33-27-17-23(21-13-15-24(36-4)16-14-21)18-28(34)31(27)30(29)26-12-8-10-22-9-6-7-11-25(22)26/h6-16,19,23,29-30H,5,17-18H2,1-4H3/t19-,23+,29?,30+/m0/s1. The first kappa shape index (κ1) is 24.9. The minimum Gasteiger partial charge on any atom is -0.497 e. The highest BCUT2D eigenvalue weighted by molar-refractivity contribution is 6.10. The van der Waals surface area contributed by atoms with Crippen LogP contribution in [0.3, 0.4) is 0 Å². The highest BCUT2D eigenvalue weighted by atomic mass is 16.5. The van der Waals surface area contributed by atoms with E-state index in [1.165, 1.54) is 0 Å². The van der Waals surface area contributed by atoms with E-state index in [0.29, 0.717) is 24.1 Å². The lowest BCUT2D eigenvalue weighted by Crippen LogP contribution is -2.39. The van der Waals surface area contributed by atoms with Gasteiger partial charge < -0.3 is 9.47 Å². The largest absolute Gasteiger partial charge is 0.497 e. The fourth-order valence-electron chi connectivity index (χ4n) is 5.69. The molecule has 0 radical (unpaired) electrons. The molecule has 0 saturated carbocycles. The van der Waals surface area contributed by atoms with Crippen molar-refractivity contribution in [2.24, 2.45) is 10.9 Å². The number of rotatable bonds is 6. The number of allylic oxidation sites excluding steroid dienone is 2. The number of ketones is 1. The van der Waals surface area contributed by atoms with Crippen molar-refractivity contribution in [3.05, 3.63) is 89.1 Å². The van der Waals surface area contributed by atoms with Crippen LogP contribution in [0.15, 0.2) is 83.0 Å². The van der Waals surface area contributed by atoms with Crippen molar-refractivity contribution in [1.29, 1.82) is 0 Å². The molecule has 5 nitrogen and oxygen atoms in total. The number of Topliss-reactive ketones (excluding diaryl/α,β-unsaturated/α-hetero) is 1. The van der Waals surface area contributed by atoms with Gasteiger partial charge in [-0.1, -0.05) is 61.5 Å². The number of nitrogens with zero attached hydrogens (tertiary/aromatic N) is 1. The van der Waals surface area contributed by atoms with E-state index < -0.39 is 11.8 Å². The van der Waals surface area contributed by atoms with Crippen molar-refractivity contribution in [1.82, 2.24) is 0 Å². The van der Waals surface area contributed by atoms with Crippen molar-refractivity contribution >= 4 is 28.2 Å². The topological polar surface area (TPSA) is 65.0 Å². The first-order valence-corrected chi connectivity index (χ1v) is 13.0. The van der Waals surface area contributed by atoms with Crippen LogP contribution in [0.4, 0.5) is 0 Å². The second-order valence-corrected chi connectivity index (χ2v) is 10.1. The average molecular weight is 496 g/mol. The van der Waals surface area contributed by atoms with E-state index in [1.807, 2.05) is 69.3 Å². The molecule has 37 heavy (non-hydrogen) atoms. The Morgan fingerprint density at radius 3 is 2.49 bits per heavy atom. The Kier molecular flexibility index (Phi) is 6.96. The third kappa shape index (κ3) is 4.71. The van der Waals surface area contributed by atoms with E-state index >= 15 is 0 Å². The molecule has 3 aromatic carbocycles. The summed E-state index contributed by atoms with van der Waals surface area (Å²) >= 11 is 0. The molecule has 0 aromatic heterocycles. The molecule has 1 unspecified atom stereocenters. The lowest BCUT2D eigenvalue weighted by molar-refractivity contribution is -0.151. The van der Waals surface area contributed by atoms with Crippen LogP contribution in [0, 0.1) is 5.92 Å². The zero-order valence-electron chi connectivity index (χ0n) is 21.9. The molecular formula is C32H33NO4. The Balaban J connectivity index is 1.62. The van der Waals surface area contributed by atoms with Gasteiger partial charge in [0.15, 0.2) is 5.78 Å². The first-order chi connectivity index (χ1) is 17.9. The molecule has 0 N–H and O–H groups in total. The number of ether oxygens (including phenoxy) is 2. The number of aliphatic imine (C=N–C) groups is 1. The average Bonchev–Trinajstić information content (AvgIpc) is 2.91. The molecule has 1 aliphatic heterocycles. The summed E-state index contributed by atoms with van der Waals surface area (Å²) in [6, 6.07) is 22.1.